The molecule has 2 heterocycles. The highest BCUT2D eigenvalue weighted by Crippen LogP contribution is 2.25. The third-order valence-corrected chi connectivity index (χ3v) is 4.66. The van der Waals surface area contributed by atoms with E-state index in [4.69, 9.17) is 5.11 Å². The van der Waals surface area contributed by atoms with Gasteiger partial charge in [-0.2, -0.15) is 0 Å². The Morgan fingerprint density at radius 2 is 2.00 bits per heavy atom. The molecule has 0 radical (unpaired) electrons. The number of carbonyl (C=O) groups is 2. The second-order valence-corrected chi connectivity index (χ2v) is 6.24. The number of carboxylic acid groups (broad SMARTS) is 1. The molecule has 0 unspecified atom stereocenters. The van der Waals surface area contributed by atoms with Crippen molar-refractivity contribution in [2.45, 2.75) is 38.2 Å². The van der Waals surface area contributed by atoms with E-state index >= 15 is 0 Å². The average molecular weight is 298 g/mol. The molecule has 110 valence electrons. The number of thiazole rings is 1. The van der Waals surface area contributed by atoms with Crippen molar-refractivity contribution >= 4 is 23.2 Å². The van der Waals surface area contributed by atoms with E-state index in [1.54, 1.807) is 10.3 Å². The summed E-state index contributed by atoms with van der Waals surface area (Å²) < 4.78 is 0. The third-order valence-electron chi connectivity index (χ3n) is 3.51. The molecule has 0 aliphatic carbocycles. The van der Waals surface area contributed by atoms with Gasteiger partial charge in [0.25, 0.3) is 5.91 Å². The Balaban J connectivity index is 2.03. The minimum Gasteiger partial charge on any atom is -0.479 e. The minimum atomic E-state index is -1.71. The Labute approximate surface area is 121 Å². The maximum atomic E-state index is 12.3. The lowest BCUT2D eigenvalue weighted by atomic mass is 9.91. The zero-order chi connectivity index (χ0) is 14.9. The summed E-state index contributed by atoms with van der Waals surface area (Å²) in [6, 6.07) is 0. The van der Waals surface area contributed by atoms with Crippen molar-refractivity contribution in [1.82, 2.24) is 9.88 Å². The Hall–Kier alpha value is -1.47. The van der Waals surface area contributed by atoms with E-state index in [0.717, 1.165) is 5.01 Å². The number of amides is 1. The maximum absolute atomic E-state index is 12.3. The van der Waals surface area contributed by atoms with E-state index in [1.807, 2.05) is 13.8 Å². The molecule has 7 heteroatoms. The van der Waals surface area contributed by atoms with Gasteiger partial charge >= 0.3 is 5.97 Å². The molecule has 0 spiro atoms. The van der Waals surface area contributed by atoms with Gasteiger partial charge in [0.1, 0.15) is 5.69 Å². The first-order valence-electron chi connectivity index (χ1n) is 6.54. The van der Waals surface area contributed by atoms with Crippen LogP contribution in [-0.4, -0.2) is 50.7 Å². The molecule has 0 aromatic carbocycles. The van der Waals surface area contributed by atoms with Gasteiger partial charge in [-0.15, -0.1) is 11.3 Å². The van der Waals surface area contributed by atoms with Crippen LogP contribution in [0.5, 0.6) is 0 Å². The van der Waals surface area contributed by atoms with E-state index in [1.165, 1.54) is 11.3 Å². The summed E-state index contributed by atoms with van der Waals surface area (Å²) in [6.07, 6.45) is 0.102. The van der Waals surface area contributed by atoms with Gasteiger partial charge in [0.2, 0.25) is 0 Å². The van der Waals surface area contributed by atoms with Crippen LogP contribution in [0.2, 0.25) is 0 Å². The van der Waals surface area contributed by atoms with Crippen molar-refractivity contribution in [2.75, 3.05) is 13.1 Å². The van der Waals surface area contributed by atoms with E-state index in [-0.39, 0.29) is 37.8 Å². The number of hydrogen-bond donors (Lipinski definition) is 2. The Kier molecular flexibility index (Phi) is 4.10. The van der Waals surface area contributed by atoms with Gasteiger partial charge in [0, 0.05) is 37.2 Å². The molecule has 1 fully saturated rings. The number of carboxylic acids is 1. The van der Waals surface area contributed by atoms with Crippen molar-refractivity contribution in [3.05, 3.63) is 16.1 Å². The Bertz CT molecular complexity index is 518. The van der Waals surface area contributed by atoms with Crippen LogP contribution in [0, 0.1) is 0 Å². The van der Waals surface area contributed by atoms with Gasteiger partial charge in [-0.1, -0.05) is 13.8 Å². The molecule has 1 amide bonds. The lowest BCUT2D eigenvalue weighted by Gasteiger charge is -2.34. The van der Waals surface area contributed by atoms with E-state index < -0.39 is 11.6 Å². The molecule has 20 heavy (non-hydrogen) atoms. The number of carbonyl (C=O) groups excluding carboxylic acids is 1. The van der Waals surface area contributed by atoms with Crippen LogP contribution in [0.25, 0.3) is 0 Å². The second-order valence-electron chi connectivity index (χ2n) is 5.35. The molecule has 1 saturated heterocycles. The number of aliphatic carboxylic acids is 1. The molecule has 2 rings (SSSR count). The molecule has 1 aliphatic heterocycles. The summed E-state index contributed by atoms with van der Waals surface area (Å²) in [7, 11) is 0. The van der Waals surface area contributed by atoms with Gasteiger partial charge in [0.15, 0.2) is 5.60 Å². The van der Waals surface area contributed by atoms with Crippen molar-refractivity contribution < 1.29 is 19.8 Å². The monoisotopic (exact) mass is 298 g/mol. The van der Waals surface area contributed by atoms with E-state index in [2.05, 4.69) is 4.98 Å². The van der Waals surface area contributed by atoms with Crippen LogP contribution < -0.4 is 0 Å². The largest absolute Gasteiger partial charge is 0.479 e. The third kappa shape index (κ3) is 2.83. The first-order valence-corrected chi connectivity index (χ1v) is 7.42. The fourth-order valence-corrected chi connectivity index (χ4v) is 2.92. The molecule has 1 aliphatic rings. The number of rotatable bonds is 3. The molecule has 2 N–H and O–H groups in total. The molecule has 6 nitrogen and oxygen atoms in total. The predicted molar refractivity (Wildman–Crippen MR) is 73.9 cm³/mol. The molecule has 1 aromatic rings. The van der Waals surface area contributed by atoms with Gasteiger partial charge < -0.3 is 15.1 Å². The number of likely N-dealkylation sites (tertiary alicyclic amines) is 1. The number of nitrogens with zero attached hydrogens (tertiary/aromatic N) is 2. The van der Waals surface area contributed by atoms with Gasteiger partial charge in [-0.3, -0.25) is 4.79 Å². The highest BCUT2D eigenvalue weighted by atomic mass is 32.1. The van der Waals surface area contributed by atoms with Crippen LogP contribution in [-0.2, 0) is 4.79 Å². The summed E-state index contributed by atoms with van der Waals surface area (Å²) in [5, 5.41) is 21.4. The smallest absolute Gasteiger partial charge is 0.335 e. The fraction of sp³-hybridized carbons (Fsp3) is 0.615. The van der Waals surface area contributed by atoms with Crippen LogP contribution in [0.15, 0.2) is 5.38 Å². The first-order chi connectivity index (χ1) is 9.33. The Morgan fingerprint density at radius 1 is 1.40 bits per heavy atom. The maximum Gasteiger partial charge on any atom is 0.335 e. The normalized spacial score (nSPS) is 18.3. The molecule has 1 aromatic heterocycles. The number of aromatic nitrogens is 1. The average Bonchev–Trinajstić information content (AvgIpc) is 2.88. The van der Waals surface area contributed by atoms with Crippen molar-refractivity contribution in [1.29, 1.82) is 0 Å². The van der Waals surface area contributed by atoms with Gasteiger partial charge in [0.05, 0.1) is 5.01 Å². The molecule has 0 atom stereocenters. The molecule has 0 bridgehead atoms. The number of piperidine rings is 1. The Morgan fingerprint density at radius 3 is 2.45 bits per heavy atom. The molecular formula is C13H18N2O4S. The van der Waals surface area contributed by atoms with Crippen molar-refractivity contribution in [3.8, 4) is 0 Å². The second kappa shape index (κ2) is 5.49. The lowest BCUT2D eigenvalue weighted by Crippen LogP contribution is -2.50. The summed E-state index contributed by atoms with van der Waals surface area (Å²) in [5.74, 6) is -1.14. The van der Waals surface area contributed by atoms with Crippen molar-refractivity contribution in [2.24, 2.45) is 0 Å². The lowest BCUT2D eigenvalue weighted by molar-refractivity contribution is -0.162. The number of hydrogen-bond acceptors (Lipinski definition) is 5. The standard InChI is InChI=1S/C13H18N2O4S/c1-8(2)10-14-9(7-20-10)11(16)15-5-3-13(19,4-6-15)12(17)18/h7-8,19H,3-6H2,1-2H3,(H,17,18). The van der Waals surface area contributed by atoms with E-state index in [0.29, 0.717) is 5.69 Å². The van der Waals surface area contributed by atoms with Crippen molar-refractivity contribution in [3.63, 3.8) is 0 Å². The van der Waals surface area contributed by atoms with E-state index in [9.17, 15) is 14.7 Å². The first kappa shape index (κ1) is 14.9. The molecule has 0 saturated carbocycles. The zero-order valence-corrected chi connectivity index (χ0v) is 12.3. The summed E-state index contributed by atoms with van der Waals surface area (Å²) in [4.78, 5) is 29.1. The zero-order valence-electron chi connectivity index (χ0n) is 11.5. The molecular weight excluding hydrogens is 280 g/mol. The quantitative estimate of drug-likeness (QED) is 0.878. The predicted octanol–water partition coefficient (Wildman–Crippen LogP) is 1.32. The van der Waals surface area contributed by atoms with Crippen LogP contribution in [0.3, 0.4) is 0 Å². The highest BCUT2D eigenvalue weighted by molar-refractivity contribution is 7.09. The topological polar surface area (TPSA) is 90.7 Å². The summed E-state index contributed by atoms with van der Waals surface area (Å²) in [6.45, 7) is 4.49. The SMILES string of the molecule is CC(C)c1nc(C(=O)N2CCC(O)(C(=O)O)CC2)cs1. The van der Waals surface area contributed by atoms with Crippen LogP contribution >= 0.6 is 11.3 Å². The summed E-state index contributed by atoms with van der Waals surface area (Å²) in [5.41, 5.74) is -1.30. The van der Waals surface area contributed by atoms with Crippen LogP contribution in [0.4, 0.5) is 0 Å². The van der Waals surface area contributed by atoms with Gasteiger partial charge in [-0.05, 0) is 0 Å². The van der Waals surface area contributed by atoms with Gasteiger partial charge in [-0.25, -0.2) is 9.78 Å². The van der Waals surface area contributed by atoms with Crippen LogP contribution in [0.1, 0.15) is 48.1 Å². The minimum absolute atomic E-state index is 0.0508. The number of aliphatic hydroxyl groups is 1. The fourth-order valence-electron chi connectivity index (χ4n) is 2.11. The highest BCUT2D eigenvalue weighted by Gasteiger charge is 2.40. The summed E-state index contributed by atoms with van der Waals surface area (Å²) >= 11 is 1.45.